The zero-order chi connectivity index (χ0) is 20.6. The van der Waals surface area contributed by atoms with Gasteiger partial charge in [-0.15, -0.1) is 0 Å². The van der Waals surface area contributed by atoms with E-state index in [-0.39, 0.29) is 17.5 Å². The van der Waals surface area contributed by atoms with E-state index in [1.54, 1.807) is 0 Å². The maximum absolute atomic E-state index is 12.5. The molecule has 0 amide bonds. The molecule has 0 aromatic carbocycles. The summed E-state index contributed by atoms with van der Waals surface area (Å²) in [6.07, 6.45) is 15.3. The fraction of sp³-hybridized carbons (Fsp3) is 0.923. The minimum Gasteiger partial charge on any atom is -0.462 e. The fourth-order valence-corrected chi connectivity index (χ4v) is 8.10. The molecule has 164 valence electrons. The first-order valence-corrected chi connectivity index (χ1v) is 12.6. The van der Waals surface area contributed by atoms with Gasteiger partial charge in [-0.1, -0.05) is 40.0 Å². The van der Waals surface area contributed by atoms with Crippen molar-refractivity contribution in [1.82, 2.24) is 0 Å². The van der Waals surface area contributed by atoms with E-state index in [4.69, 9.17) is 4.74 Å². The minimum atomic E-state index is 0.0385. The van der Waals surface area contributed by atoms with Gasteiger partial charge in [0.15, 0.2) is 0 Å². The Labute approximate surface area is 177 Å². The van der Waals surface area contributed by atoms with Crippen LogP contribution in [-0.4, -0.2) is 17.9 Å². The Morgan fingerprint density at radius 3 is 2.55 bits per heavy atom. The smallest absolute Gasteiger partial charge is 0.306 e. The molecule has 0 aliphatic heterocycles. The van der Waals surface area contributed by atoms with Crippen LogP contribution in [0.15, 0.2) is 0 Å². The van der Waals surface area contributed by atoms with Gasteiger partial charge in [0.25, 0.3) is 0 Å². The van der Waals surface area contributed by atoms with Crippen molar-refractivity contribution in [3.8, 4) is 0 Å². The number of fused-ring (bicyclic) bond motifs is 5. The zero-order valence-electron chi connectivity index (χ0n) is 19.0. The second-order valence-corrected chi connectivity index (χ2v) is 11.3. The third kappa shape index (κ3) is 3.81. The summed E-state index contributed by atoms with van der Waals surface area (Å²) >= 11 is 0. The van der Waals surface area contributed by atoms with Gasteiger partial charge in [0, 0.05) is 24.7 Å². The number of rotatable bonds is 6. The van der Waals surface area contributed by atoms with E-state index in [0.29, 0.717) is 29.5 Å². The van der Waals surface area contributed by atoms with Crippen LogP contribution in [0.1, 0.15) is 111 Å². The molecular formula is C26H42O3. The summed E-state index contributed by atoms with van der Waals surface area (Å²) in [5.74, 6) is 3.41. The Bertz CT molecular complexity index is 627. The van der Waals surface area contributed by atoms with Crippen LogP contribution in [-0.2, 0) is 14.3 Å². The molecule has 7 atom stereocenters. The van der Waals surface area contributed by atoms with Gasteiger partial charge in [-0.2, -0.15) is 0 Å². The van der Waals surface area contributed by atoms with Crippen molar-refractivity contribution in [3.05, 3.63) is 0 Å². The van der Waals surface area contributed by atoms with Gasteiger partial charge in [-0.05, 0) is 80.5 Å². The van der Waals surface area contributed by atoms with Gasteiger partial charge in [0.05, 0.1) is 0 Å². The van der Waals surface area contributed by atoms with Crippen molar-refractivity contribution in [1.29, 1.82) is 0 Å². The maximum atomic E-state index is 12.5. The monoisotopic (exact) mass is 402 g/mol. The molecule has 0 aromatic heterocycles. The molecule has 4 aliphatic rings. The van der Waals surface area contributed by atoms with Crippen LogP contribution in [0.2, 0.25) is 0 Å². The number of ketones is 1. The normalized spacial score (nSPS) is 44.0. The predicted molar refractivity (Wildman–Crippen MR) is 115 cm³/mol. The molecule has 0 radical (unpaired) electrons. The lowest BCUT2D eigenvalue weighted by Gasteiger charge is -2.60. The van der Waals surface area contributed by atoms with Crippen molar-refractivity contribution >= 4 is 11.8 Å². The molecule has 0 N–H and O–H groups in total. The van der Waals surface area contributed by atoms with Crippen LogP contribution in [0.3, 0.4) is 0 Å². The Morgan fingerprint density at radius 2 is 1.76 bits per heavy atom. The SMILES string of the molecule is CCCCCCC(=O)O[C@@H]1CCC2C3CC[C@H]4CC(=O)CC[C@]4(C)C3CC[C@@]21C. The molecule has 4 aliphatic carbocycles. The summed E-state index contributed by atoms with van der Waals surface area (Å²) in [4.78, 5) is 24.5. The van der Waals surface area contributed by atoms with Gasteiger partial charge >= 0.3 is 5.97 Å². The molecule has 0 saturated heterocycles. The molecule has 0 aromatic rings. The molecule has 3 nitrogen and oxygen atoms in total. The van der Waals surface area contributed by atoms with Gasteiger partial charge in [-0.3, -0.25) is 9.59 Å². The average molecular weight is 403 g/mol. The number of hydrogen-bond donors (Lipinski definition) is 0. The third-order valence-corrected chi connectivity index (χ3v) is 9.90. The van der Waals surface area contributed by atoms with Crippen LogP contribution in [0.5, 0.6) is 0 Å². The highest BCUT2D eigenvalue weighted by Crippen LogP contribution is 2.66. The van der Waals surface area contributed by atoms with Crippen molar-refractivity contribution in [3.63, 3.8) is 0 Å². The number of hydrogen-bond acceptors (Lipinski definition) is 3. The lowest BCUT2D eigenvalue weighted by Crippen LogP contribution is -2.54. The summed E-state index contributed by atoms with van der Waals surface area (Å²) in [5, 5.41) is 0. The molecule has 0 bridgehead atoms. The van der Waals surface area contributed by atoms with Crippen LogP contribution in [0.4, 0.5) is 0 Å². The summed E-state index contributed by atoms with van der Waals surface area (Å²) in [6.45, 7) is 7.13. The zero-order valence-corrected chi connectivity index (χ0v) is 19.0. The largest absolute Gasteiger partial charge is 0.462 e. The number of unbranched alkanes of at least 4 members (excludes halogenated alkanes) is 3. The van der Waals surface area contributed by atoms with Gasteiger partial charge in [-0.25, -0.2) is 0 Å². The number of ether oxygens (including phenoxy) is 1. The first kappa shape index (κ1) is 21.4. The van der Waals surface area contributed by atoms with E-state index < -0.39 is 0 Å². The lowest BCUT2D eigenvalue weighted by atomic mass is 9.45. The summed E-state index contributed by atoms with van der Waals surface area (Å²) in [7, 11) is 0. The van der Waals surface area contributed by atoms with E-state index >= 15 is 0 Å². The summed E-state index contributed by atoms with van der Waals surface area (Å²) < 4.78 is 6.11. The van der Waals surface area contributed by atoms with E-state index in [1.807, 2.05) is 0 Å². The number of carbonyl (C=O) groups excluding carboxylic acids is 2. The minimum absolute atomic E-state index is 0.0385. The molecule has 4 fully saturated rings. The Kier molecular flexibility index (Phi) is 6.15. The molecule has 4 rings (SSSR count). The second-order valence-electron chi connectivity index (χ2n) is 11.3. The lowest BCUT2D eigenvalue weighted by molar-refractivity contribution is -0.164. The van der Waals surface area contributed by atoms with E-state index in [9.17, 15) is 9.59 Å². The highest BCUT2D eigenvalue weighted by atomic mass is 16.5. The van der Waals surface area contributed by atoms with Crippen LogP contribution in [0, 0.1) is 34.5 Å². The predicted octanol–water partition coefficient (Wildman–Crippen LogP) is 6.48. The van der Waals surface area contributed by atoms with E-state index in [0.717, 1.165) is 50.4 Å². The Morgan fingerprint density at radius 1 is 0.966 bits per heavy atom. The highest BCUT2D eigenvalue weighted by Gasteiger charge is 2.61. The highest BCUT2D eigenvalue weighted by molar-refractivity contribution is 5.79. The molecular weight excluding hydrogens is 360 g/mol. The number of Topliss-reactive ketones (excluding diaryl/α,β-unsaturated/α-hetero) is 1. The maximum Gasteiger partial charge on any atom is 0.306 e. The quantitative estimate of drug-likeness (QED) is 0.377. The van der Waals surface area contributed by atoms with Gasteiger partial charge in [0.2, 0.25) is 0 Å². The van der Waals surface area contributed by atoms with Gasteiger partial charge in [0.1, 0.15) is 11.9 Å². The van der Waals surface area contributed by atoms with Crippen LogP contribution in [0.25, 0.3) is 0 Å². The first-order valence-electron chi connectivity index (χ1n) is 12.6. The molecule has 4 saturated carbocycles. The third-order valence-electron chi connectivity index (χ3n) is 9.90. The molecule has 0 heterocycles. The van der Waals surface area contributed by atoms with E-state index in [1.165, 1.54) is 44.9 Å². The number of carbonyl (C=O) groups is 2. The standard InChI is InChI=1S/C26H42O3/c1-4-5-6-7-8-24(28)29-23-12-11-21-20-10-9-18-17-19(27)13-15-25(18,2)22(20)14-16-26(21,23)3/h18,20-23H,4-17H2,1-3H3/t18-,20?,21?,22?,23+,25-,26-/m0/s1. The Hall–Kier alpha value is -0.860. The topological polar surface area (TPSA) is 43.4 Å². The van der Waals surface area contributed by atoms with Crippen molar-refractivity contribution in [2.24, 2.45) is 34.5 Å². The fourth-order valence-electron chi connectivity index (χ4n) is 8.10. The van der Waals surface area contributed by atoms with Gasteiger partial charge < -0.3 is 4.74 Å². The van der Waals surface area contributed by atoms with Crippen molar-refractivity contribution < 1.29 is 14.3 Å². The summed E-state index contributed by atoms with van der Waals surface area (Å²) in [6, 6.07) is 0. The van der Waals surface area contributed by atoms with E-state index in [2.05, 4.69) is 20.8 Å². The second kappa shape index (κ2) is 8.35. The van der Waals surface area contributed by atoms with Crippen molar-refractivity contribution in [2.45, 2.75) is 117 Å². The molecule has 3 heteroatoms. The Balaban J connectivity index is 1.41. The first-order chi connectivity index (χ1) is 13.9. The summed E-state index contributed by atoms with van der Waals surface area (Å²) in [5.41, 5.74) is 0.542. The average Bonchev–Trinajstić information content (AvgIpc) is 3.02. The molecule has 3 unspecified atom stereocenters. The van der Waals surface area contributed by atoms with Crippen LogP contribution < -0.4 is 0 Å². The number of esters is 1. The van der Waals surface area contributed by atoms with Crippen molar-refractivity contribution in [2.75, 3.05) is 0 Å². The molecule has 29 heavy (non-hydrogen) atoms. The van der Waals surface area contributed by atoms with Crippen LogP contribution >= 0.6 is 0 Å². The molecule has 0 spiro atoms.